The second kappa shape index (κ2) is 5.21. The van der Waals surface area contributed by atoms with Crippen LogP contribution in [0.25, 0.3) is 11.2 Å². The number of aromatic nitrogens is 4. The summed E-state index contributed by atoms with van der Waals surface area (Å²) in [5.74, 6) is 0.496. The molecule has 2 rings (SSSR count). The molecule has 0 saturated heterocycles. The molecule has 0 radical (unpaired) electrons. The van der Waals surface area contributed by atoms with E-state index < -0.39 is 11.2 Å². The maximum atomic E-state index is 12.0. The third-order valence-corrected chi connectivity index (χ3v) is 3.26. The van der Waals surface area contributed by atoms with Crippen LogP contribution >= 0.6 is 0 Å². The molecule has 20 heavy (non-hydrogen) atoms. The molecule has 2 heterocycles. The van der Waals surface area contributed by atoms with Crippen LogP contribution in [0.2, 0.25) is 0 Å². The van der Waals surface area contributed by atoms with Gasteiger partial charge in [0.25, 0.3) is 5.56 Å². The molecule has 0 aliphatic rings. The monoisotopic (exact) mass is 276 g/mol. The third kappa shape index (κ3) is 2.07. The zero-order valence-electron chi connectivity index (χ0n) is 11.7. The summed E-state index contributed by atoms with van der Waals surface area (Å²) in [4.78, 5) is 33.0. The van der Waals surface area contributed by atoms with Gasteiger partial charge in [0, 0.05) is 27.2 Å². The van der Waals surface area contributed by atoms with E-state index in [2.05, 4.69) is 16.0 Å². The molecule has 0 aromatic carbocycles. The van der Waals surface area contributed by atoms with E-state index in [0.29, 0.717) is 36.6 Å². The Bertz CT molecular complexity index is 791. The molecule has 0 unspecified atom stereocenters. The van der Waals surface area contributed by atoms with E-state index in [1.54, 1.807) is 7.05 Å². The zero-order chi connectivity index (χ0) is 14.9. The highest BCUT2D eigenvalue weighted by Gasteiger charge is 2.16. The average molecular weight is 276 g/mol. The van der Waals surface area contributed by atoms with Gasteiger partial charge in [-0.15, -0.1) is 0 Å². The SMILES string of the molecule is CCN(CCC#N)c1nc2c([nH]1)c(=O)n(C)c(=O)n2C. The third-order valence-electron chi connectivity index (χ3n) is 3.26. The van der Waals surface area contributed by atoms with E-state index in [-0.39, 0.29) is 0 Å². The molecule has 8 heteroatoms. The second-order valence-corrected chi connectivity index (χ2v) is 4.45. The summed E-state index contributed by atoms with van der Waals surface area (Å²) >= 11 is 0. The molecule has 8 nitrogen and oxygen atoms in total. The van der Waals surface area contributed by atoms with E-state index in [1.165, 1.54) is 11.6 Å². The Morgan fingerprint density at radius 2 is 2.05 bits per heavy atom. The smallest absolute Gasteiger partial charge is 0.332 e. The van der Waals surface area contributed by atoms with Crippen LogP contribution < -0.4 is 16.1 Å². The first kappa shape index (κ1) is 13.9. The molecular formula is C12H16N6O2. The highest BCUT2D eigenvalue weighted by Crippen LogP contribution is 2.13. The van der Waals surface area contributed by atoms with Gasteiger partial charge in [-0.05, 0) is 6.92 Å². The minimum absolute atomic E-state index is 0.292. The largest absolute Gasteiger partial charge is 0.342 e. The lowest BCUT2D eigenvalue weighted by molar-refractivity contribution is 0.708. The summed E-state index contributed by atoms with van der Waals surface area (Å²) in [5.41, 5.74) is -0.206. The highest BCUT2D eigenvalue weighted by molar-refractivity contribution is 5.72. The molecule has 0 atom stereocenters. The summed E-state index contributed by atoms with van der Waals surface area (Å²) in [6, 6.07) is 2.07. The van der Waals surface area contributed by atoms with Gasteiger partial charge in [-0.1, -0.05) is 0 Å². The van der Waals surface area contributed by atoms with Crippen molar-refractivity contribution in [2.75, 3.05) is 18.0 Å². The van der Waals surface area contributed by atoms with Gasteiger partial charge in [-0.2, -0.15) is 10.2 Å². The first-order chi connectivity index (χ1) is 9.51. The number of rotatable bonds is 4. The van der Waals surface area contributed by atoms with Crippen molar-refractivity contribution in [1.82, 2.24) is 19.1 Å². The number of aromatic amines is 1. The molecule has 0 spiro atoms. The summed E-state index contributed by atoms with van der Waals surface area (Å²) in [6.45, 7) is 3.10. The van der Waals surface area contributed by atoms with Crippen LogP contribution in [0, 0.1) is 11.3 Å². The van der Waals surface area contributed by atoms with Gasteiger partial charge >= 0.3 is 5.69 Å². The van der Waals surface area contributed by atoms with Crippen molar-refractivity contribution in [3.63, 3.8) is 0 Å². The van der Waals surface area contributed by atoms with E-state index >= 15 is 0 Å². The molecule has 1 N–H and O–H groups in total. The van der Waals surface area contributed by atoms with E-state index in [1.807, 2.05) is 11.8 Å². The Labute approximate surface area is 114 Å². The van der Waals surface area contributed by atoms with Crippen LogP contribution in [0.3, 0.4) is 0 Å². The second-order valence-electron chi connectivity index (χ2n) is 4.45. The zero-order valence-corrected chi connectivity index (χ0v) is 11.7. The van der Waals surface area contributed by atoms with Crippen LogP contribution in [0.15, 0.2) is 9.59 Å². The van der Waals surface area contributed by atoms with Crippen LogP contribution in [-0.4, -0.2) is 32.2 Å². The molecule has 2 aromatic rings. The van der Waals surface area contributed by atoms with Crippen molar-refractivity contribution in [3.05, 3.63) is 20.8 Å². The van der Waals surface area contributed by atoms with Crippen molar-refractivity contribution >= 4 is 17.1 Å². The van der Waals surface area contributed by atoms with Gasteiger partial charge in [-0.25, -0.2) is 4.79 Å². The van der Waals surface area contributed by atoms with Gasteiger partial charge in [-0.3, -0.25) is 13.9 Å². The van der Waals surface area contributed by atoms with Crippen molar-refractivity contribution in [2.45, 2.75) is 13.3 Å². The first-order valence-electron chi connectivity index (χ1n) is 6.28. The molecule has 0 aliphatic heterocycles. The number of anilines is 1. The highest BCUT2D eigenvalue weighted by atomic mass is 16.2. The van der Waals surface area contributed by atoms with Crippen LogP contribution in [-0.2, 0) is 14.1 Å². The maximum Gasteiger partial charge on any atom is 0.332 e. The topological polar surface area (TPSA) is 99.7 Å². The number of nitrogens with one attached hydrogen (secondary N) is 1. The molecule has 2 aromatic heterocycles. The Hall–Kier alpha value is -2.56. The number of hydrogen-bond acceptors (Lipinski definition) is 5. The quantitative estimate of drug-likeness (QED) is 0.826. The van der Waals surface area contributed by atoms with Crippen molar-refractivity contribution in [1.29, 1.82) is 5.26 Å². The molecule has 106 valence electrons. The van der Waals surface area contributed by atoms with Crippen LogP contribution in [0.1, 0.15) is 13.3 Å². The Balaban J connectivity index is 2.62. The summed E-state index contributed by atoms with van der Waals surface area (Å²) < 4.78 is 2.37. The predicted octanol–water partition coefficient (Wildman–Crippen LogP) is -0.300. The van der Waals surface area contributed by atoms with Gasteiger partial charge in [0.05, 0.1) is 12.5 Å². The Kier molecular flexibility index (Phi) is 3.61. The number of hydrogen-bond donors (Lipinski definition) is 1. The fourth-order valence-corrected chi connectivity index (χ4v) is 2.06. The summed E-state index contributed by atoms with van der Waals surface area (Å²) in [7, 11) is 3.00. The first-order valence-corrected chi connectivity index (χ1v) is 6.28. The number of nitriles is 1. The standard InChI is InChI=1S/C12H16N6O2/c1-4-18(7-5-6-13)11-14-8-9(15-11)16(2)12(20)17(3)10(8)19/h4-5,7H2,1-3H3,(H,14,15). The van der Waals surface area contributed by atoms with Crippen molar-refractivity contribution in [3.8, 4) is 6.07 Å². The summed E-state index contributed by atoms with van der Waals surface area (Å²) in [6.07, 6.45) is 0.363. The number of aryl methyl sites for hydroxylation is 1. The van der Waals surface area contributed by atoms with E-state index in [9.17, 15) is 9.59 Å². The van der Waals surface area contributed by atoms with Gasteiger partial charge in [0.1, 0.15) is 0 Å². The van der Waals surface area contributed by atoms with Crippen molar-refractivity contribution in [2.24, 2.45) is 14.1 Å². The number of fused-ring (bicyclic) bond motifs is 1. The van der Waals surface area contributed by atoms with E-state index in [4.69, 9.17) is 5.26 Å². The van der Waals surface area contributed by atoms with Gasteiger partial charge in [0.2, 0.25) is 5.95 Å². The van der Waals surface area contributed by atoms with Crippen LogP contribution in [0.5, 0.6) is 0 Å². The molecule has 0 bridgehead atoms. The lowest BCUT2D eigenvalue weighted by Gasteiger charge is -2.17. The van der Waals surface area contributed by atoms with E-state index in [0.717, 1.165) is 4.57 Å². The van der Waals surface area contributed by atoms with Crippen LogP contribution in [0.4, 0.5) is 5.95 Å². The predicted molar refractivity (Wildman–Crippen MR) is 74.7 cm³/mol. The fourth-order valence-electron chi connectivity index (χ4n) is 2.06. The van der Waals surface area contributed by atoms with Gasteiger partial charge in [0.15, 0.2) is 11.2 Å². The summed E-state index contributed by atoms with van der Waals surface area (Å²) in [5, 5.41) is 8.65. The number of imidazole rings is 1. The lowest BCUT2D eigenvalue weighted by Crippen LogP contribution is -2.36. The number of H-pyrrole nitrogens is 1. The lowest BCUT2D eigenvalue weighted by atomic mass is 10.4. The number of nitrogens with zero attached hydrogens (tertiary/aromatic N) is 5. The maximum absolute atomic E-state index is 12.0. The Morgan fingerprint density at radius 3 is 2.65 bits per heavy atom. The minimum Gasteiger partial charge on any atom is -0.342 e. The average Bonchev–Trinajstić information content (AvgIpc) is 2.89. The molecule has 0 fully saturated rings. The molecule has 0 amide bonds. The molecule has 0 aliphatic carbocycles. The fraction of sp³-hybridized carbons (Fsp3) is 0.500. The normalized spacial score (nSPS) is 10.7. The Morgan fingerprint density at radius 1 is 1.35 bits per heavy atom. The minimum atomic E-state index is -0.416. The molecule has 0 saturated carbocycles. The van der Waals surface area contributed by atoms with Gasteiger partial charge < -0.3 is 9.88 Å². The molecular weight excluding hydrogens is 260 g/mol. The van der Waals surface area contributed by atoms with Crippen molar-refractivity contribution < 1.29 is 0 Å².